The van der Waals surface area contributed by atoms with Gasteiger partial charge in [-0.1, -0.05) is 18.2 Å². The first-order valence-electron chi connectivity index (χ1n) is 4.33. The summed E-state index contributed by atoms with van der Waals surface area (Å²) >= 11 is 0. The first kappa shape index (κ1) is 9.20. The number of benzene rings is 1. The zero-order chi connectivity index (χ0) is 10.7. The van der Waals surface area contributed by atoms with E-state index in [1.807, 2.05) is 30.3 Å². The van der Waals surface area contributed by atoms with Gasteiger partial charge in [0.2, 0.25) is 0 Å². The van der Waals surface area contributed by atoms with E-state index in [1.54, 1.807) is 0 Å². The molecule has 0 spiro atoms. The van der Waals surface area contributed by atoms with Crippen molar-refractivity contribution in [1.82, 2.24) is 10.2 Å². The van der Waals surface area contributed by atoms with Crippen LogP contribution in [0.3, 0.4) is 0 Å². The largest absolute Gasteiger partial charge is 0.382 e. The Hall–Kier alpha value is -2.37. The number of nitrogens with one attached hydrogen (secondary N) is 1. The minimum absolute atomic E-state index is 0.243. The summed E-state index contributed by atoms with van der Waals surface area (Å²) in [5, 5.41) is 14.1. The minimum Gasteiger partial charge on any atom is -0.382 e. The molecular formula is C9H10N6. The Morgan fingerprint density at radius 2 is 1.80 bits per heavy atom. The van der Waals surface area contributed by atoms with E-state index < -0.39 is 0 Å². The van der Waals surface area contributed by atoms with E-state index in [9.17, 15) is 0 Å². The SMILES string of the molecule is Nc1n[nH]c(N)c1/N=N/c1ccccc1. The fraction of sp³-hybridized carbons (Fsp3) is 0. The number of hydrogen-bond donors (Lipinski definition) is 3. The average molecular weight is 202 g/mol. The van der Waals surface area contributed by atoms with Gasteiger partial charge in [0.1, 0.15) is 5.82 Å². The number of rotatable bonds is 2. The molecule has 76 valence electrons. The molecule has 0 atom stereocenters. The summed E-state index contributed by atoms with van der Waals surface area (Å²) in [5.41, 5.74) is 12.2. The normalized spacial score (nSPS) is 10.9. The average Bonchev–Trinajstić information content (AvgIpc) is 2.58. The zero-order valence-corrected chi connectivity index (χ0v) is 7.88. The van der Waals surface area contributed by atoms with E-state index in [0.717, 1.165) is 5.69 Å². The van der Waals surface area contributed by atoms with Gasteiger partial charge >= 0.3 is 0 Å². The van der Waals surface area contributed by atoms with Crippen molar-refractivity contribution in [2.45, 2.75) is 0 Å². The molecule has 0 amide bonds. The molecule has 0 saturated heterocycles. The molecule has 0 fully saturated rings. The van der Waals surface area contributed by atoms with Gasteiger partial charge in [0.25, 0.3) is 0 Å². The highest BCUT2D eigenvalue weighted by Crippen LogP contribution is 2.27. The van der Waals surface area contributed by atoms with E-state index in [2.05, 4.69) is 20.4 Å². The summed E-state index contributed by atoms with van der Waals surface area (Å²) in [6.07, 6.45) is 0. The van der Waals surface area contributed by atoms with E-state index in [4.69, 9.17) is 11.5 Å². The molecule has 1 aromatic heterocycles. The van der Waals surface area contributed by atoms with Gasteiger partial charge in [-0.05, 0) is 12.1 Å². The Morgan fingerprint density at radius 3 is 2.40 bits per heavy atom. The molecule has 0 aliphatic heterocycles. The molecule has 0 aliphatic carbocycles. The highest BCUT2D eigenvalue weighted by Gasteiger charge is 2.05. The van der Waals surface area contributed by atoms with E-state index >= 15 is 0 Å². The lowest BCUT2D eigenvalue weighted by Crippen LogP contribution is -1.84. The van der Waals surface area contributed by atoms with Crippen LogP contribution in [-0.2, 0) is 0 Å². The van der Waals surface area contributed by atoms with Crippen LogP contribution >= 0.6 is 0 Å². The highest BCUT2D eigenvalue weighted by atomic mass is 15.2. The summed E-state index contributed by atoms with van der Waals surface area (Å²) in [6.45, 7) is 0. The summed E-state index contributed by atoms with van der Waals surface area (Å²) in [4.78, 5) is 0. The molecule has 1 aromatic carbocycles. The topological polar surface area (TPSA) is 105 Å². The molecule has 0 saturated carbocycles. The fourth-order valence-corrected chi connectivity index (χ4v) is 1.07. The standard InChI is InChI=1S/C9H10N6/c10-8-7(9(11)15-14-8)13-12-6-4-2-1-3-5-6/h1-5H,(H5,10,11,14,15)/b13-12+. The first-order chi connectivity index (χ1) is 7.27. The minimum atomic E-state index is 0.243. The quantitative estimate of drug-likeness (QED) is 0.648. The molecule has 6 heteroatoms. The zero-order valence-electron chi connectivity index (χ0n) is 7.88. The molecule has 0 bridgehead atoms. The van der Waals surface area contributed by atoms with Crippen LogP contribution in [0.4, 0.5) is 23.0 Å². The van der Waals surface area contributed by atoms with Gasteiger partial charge in [0.05, 0.1) is 5.69 Å². The van der Waals surface area contributed by atoms with Crippen LogP contribution in [0, 0.1) is 0 Å². The van der Waals surface area contributed by atoms with Crippen molar-refractivity contribution >= 4 is 23.0 Å². The van der Waals surface area contributed by atoms with Crippen molar-refractivity contribution in [3.05, 3.63) is 30.3 Å². The second kappa shape index (κ2) is 3.79. The van der Waals surface area contributed by atoms with E-state index in [0.29, 0.717) is 11.5 Å². The van der Waals surface area contributed by atoms with Crippen LogP contribution < -0.4 is 11.5 Å². The van der Waals surface area contributed by atoms with Crippen molar-refractivity contribution in [1.29, 1.82) is 0 Å². The van der Waals surface area contributed by atoms with Gasteiger partial charge in [-0.2, -0.15) is 10.2 Å². The van der Waals surface area contributed by atoms with E-state index in [1.165, 1.54) is 0 Å². The van der Waals surface area contributed by atoms with Crippen LogP contribution in [0.2, 0.25) is 0 Å². The van der Waals surface area contributed by atoms with Crippen molar-refractivity contribution in [3.8, 4) is 0 Å². The maximum Gasteiger partial charge on any atom is 0.175 e. The summed E-state index contributed by atoms with van der Waals surface area (Å²) in [7, 11) is 0. The van der Waals surface area contributed by atoms with Gasteiger partial charge in [0, 0.05) is 0 Å². The lowest BCUT2D eigenvalue weighted by molar-refractivity contribution is 1.11. The molecule has 1 heterocycles. The monoisotopic (exact) mass is 202 g/mol. The highest BCUT2D eigenvalue weighted by molar-refractivity contribution is 5.70. The molecule has 0 radical (unpaired) electrons. The molecule has 2 rings (SSSR count). The number of nitrogens with zero attached hydrogens (tertiary/aromatic N) is 3. The second-order valence-electron chi connectivity index (χ2n) is 2.91. The Kier molecular flexibility index (Phi) is 2.32. The Bertz CT molecular complexity index is 453. The number of H-pyrrole nitrogens is 1. The fourth-order valence-electron chi connectivity index (χ4n) is 1.07. The van der Waals surface area contributed by atoms with Gasteiger partial charge in [0.15, 0.2) is 11.5 Å². The number of nitrogens with two attached hydrogens (primary N) is 2. The van der Waals surface area contributed by atoms with Crippen LogP contribution in [0.5, 0.6) is 0 Å². The van der Waals surface area contributed by atoms with E-state index in [-0.39, 0.29) is 5.82 Å². The lowest BCUT2D eigenvalue weighted by Gasteiger charge is -1.91. The van der Waals surface area contributed by atoms with Crippen molar-refractivity contribution in [2.75, 3.05) is 11.5 Å². The van der Waals surface area contributed by atoms with Crippen LogP contribution in [0.1, 0.15) is 0 Å². The number of aromatic nitrogens is 2. The van der Waals surface area contributed by atoms with Gasteiger partial charge in [-0.25, -0.2) is 0 Å². The third kappa shape index (κ3) is 1.93. The second-order valence-corrected chi connectivity index (χ2v) is 2.91. The number of hydrogen-bond acceptors (Lipinski definition) is 5. The third-order valence-corrected chi connectivity index (χ3v) is 1.82. The third-order valence-electron chi connectivity index (χ3n) is 1.82. The Balaban J connectivity index is 2.26. The predicted molar refractivity (Wildman–Crippen MR) is 58.0 cm³/mol. The van der Waals surface area contributed by atoms with Gasteiger partial charge in [-0.15, -0.1) is 5.11 Å². The first-order valence-corrected chi connectivity index (χ1v) is 4.33. The molecule has 5 N–H and O–H groups in total. The number of anilines is 2. The summed E-state index contributed by atoms with van der Waals surface area (Å²) in [6, 6.07) is 9.30. The van der Waals surface area contributed by atoms with Crippen LogP contribution in [-0.4, -0.2) is 10.2 Å². The summed E-state index contributed by atoms with van der Waals surface area (Å²) in [5.74, 6) is 0.555. The van der Waals surface area contributed by atoms with Crippen molar-refractivity contribution < 1.29 is 0 Å². The number of azo groups is 1. The maximum atomic E-state index is 5.55. The maximum absolute atomic E-state index is 5.55. The smallest absolute Gasteiger partial charge is 0.175 e. The van der Waals surface area contributed by atoms with Gasteiger partial charge < -0.3 is 11.5 Å². The van der Waals surface area contributed by atoms with Crippen molar-refractivity contribution in [2.24, 2.45) is 10.2 Å². The molecule has 15 heavy (non-hydrogen) atoms. The number of aromatic amines is 1. The molecule has 0 unspecified atom stereocenters. The molecule has 0 aliphatic rings. The molecule has 2 aromatic rings. The predicted octanol–water partition coefficient (Wildman–Crippen LogP) is 1.99. The summed E-state index contributed by atoms with van der Waals surface area (Å²) < 4.78 is 0. The van der Waals surface area contributed by atoms with Crippen LogP contribution in [0.25, 0.3) is 0 Å². The lowest BCUT2D eigenvalue weighted by atomic mass is 10.3. The van der Waals surface area contributed by atoms with Crippen molar-refractivity contribution in [3.63, 3.8) is 0 Å². The molecule has 6 nitrogen and oxygen atoms in total. The molecular weight excluding hydrogens is 192 g/mol. The van der Waals surface area contributed by atoms with Crippen LogP contribution in [0.15, 0.2) is 40.6 Å². The Labute approximate surface area is 86.0 Å². The Morgan fingerprint density at radius 1 is 1.07 bits per heavy atom. The van der Waals surface area contributed by atoms with Gasteiger partial charge in [-0.3, -0.25) is 5.10 Å². The number of nitrogen functional groups attached to an aromatic ring is 2.